The van der Waals surface area contributed by atoms with Crippen molar-refractivity contribution in [2.75, 3.05) is 23.7 Å². The van der Waals surface area contributed by atoms with Crippen LogP contribution in [0.5, 0.6) is 0 Å². The number of piperidine rings is 1. The molecule has 1 heterocycles. The zero-order valence-electron chi connectivity index (χ0n) is 9.45. The van der Waals surface area contributed by atoms with Gasteiger partial charge in [0, 0.05) is 19.2 Å². The molecule has 5 heteroatoms. The summed E-state index contributed by atoms with van der Waals surface area (Å²) in [6.07, 6.45) is 3.29. The van der Waals surface area contributed by atoms with E-state index in [-0.39, 0.29) is 5.56 Å². The number of hydrogen-bond donors (Lipinski definition) is 2. The van der Waals surface area contributed by atoms with Crippen LogP contribution in [-0.2, 0) is 0 Å². The summed E-state index contributed by atoms with van der Waals surface area (Å²) in [5.41, 5.74) is 6.34. The van der Waals surface area contributed by atoms with Crippen molar-refractivity contribution in [2.45, 2.75) is 19.3 Å². The van der Waals surface area contributed by atoms with Crippen LogP contribution in [-0.4, -0.2) is 24.2 Å². The molecule has 1 aromatic carbocycles. The van der Waals surface area contributed by atoms with E-state index in [0.717, 1.165) is 25.9 Å². The molecule has 4 nitrogen and oxygen atoms in total. The Labute approximate surface area is 98.8 Å². The Balaban J connectivity index is 2.35. The maximum absolute atomic E-state index is 13.6. The van der Waals surface area contributed by atoms with Crippen LogP contribution in [0.4, 0.5) is 15.8 Å². The van der Waals surface area contributed by atoms with Crippen LogP contribution in [0.3, 0.4) is 0 Å². The van der Waals surface area contributed by atoms with Gasteiger partial charge in [0.2, 0.25) is 0 Å². The Hall–Kier alpha value is -1.78. The Bertz CT molecular complexity index is 442. The number of nitrogens with two attached hydrogens (primary N) is 1. The first-order valence-electron chi connectivity index (χ1n) is 5.67. The molecule has 2 rings (SSSR count). The predicted molar refractivity (Wildman–Crippen MR) is 63.8 cm³/mol. The number of benzene rings is 1. The lowest BCUT2D eigenvalue weighted by Crippen LogP contribution is -2.30. The van der Waals surface area contributed by atoms with Crippen molar-refractivity contribution < 1.29 is 14.3 Å². The zero-order valence-corrected chi connectivity index (χ0v) is 9.45. The first-order valence-corrected chi connectivity index (χ1v) is 5.67. The van der Waals surface area contributed by atoms with Crippen molar-refractivity contribution in [3.05, 3.63) is 23.5 Å². The van der Waals surface area contributed by atoms with E-state index in [4.69, 9.17) is 10.8 Å². The predicted octanol–water partition coefficient (Wildman–Crippen LogP) is 2.10. The van der Waals surface area contributed by atoms with E-state index < -0.39 is 11.8 Å². The first kappa shape index (κ1) is 11.7. The van der Waals surface area contributed by atoms with Gasteiger partial charge in [-0.1, -0.05) is 0 Å². The third kappa shape index (κ3) is 2.33. The van der Waals surface area contributed by atoms with Gasteiger partial charge in [-0.05, 0) is 25.3 Å². The van der Waals surface area contributed by atoms with Crippen LogP contribution < -0.4 is 10.6 Å². The molecule has 0 spiro atoms. The molecule has 1 aromatic rings. The second-order valence-electron chi connectivity index (χ2n) is 4.24. The fourth-order valence-electron chi connectivity index (χ4n) is 2.15. The Morgan fingerprint density at radius 1 is 1.29 bits per heavy atom. The summed E-state index contributed by atoms with van der Waals surface area (Å²) in [5, 5.41) is 8.78. The van der Waals surface area contributed by atoms with Gasteiger partial charge in [-0.15, -0.1) is 0 Å². The molecule has 1 fully saturated rings. The van der Waals surface area contributed by atoms with E-state index >= 15 is 0 Å². The van der Waals surface area contributed by atoms with Crippen molar-refractivity contribution in [1.82, 2.24) is 0 Å². The van der Waals surface area contributed by atoms with Crippen LogP contribution in [0.2, 0.25) is 0 Å². The SMILES string of the molecule is Nc1cc(C(=O)O)c(F)cc1N1CCCCC1. The normalized spacial score (nSPS) is 15.9. The molecule has 0 aliphatic carbocycles. The van der Waals surface area contributed by atoms with Crippen molar-refractivity contribution in [1.29, 1.82) is 0 Å². The maximum Gasteiger partial charge on any atom is 0.338 e. The lowest BCUT2D eigenvalue weighted by molar-refractivity contribution is 0.0692. The highest BCUT2D eigenvalue weighted by atomic mass is 19.1. The van der Waals surface area contributed by atoms with Gasteiger partial charge >= 0.3 is 5.97 Å². The number of nitrogens with zero attached hydrogens (tertiary/aromatic N) is 1. The summed E-state index contributed by atoms with van der Waals surface area (Å²) in [4.78, 5) is 12.8. The summed E-state index contributed by atoms with van der Waals surface area (Å²) < 4.78 is 13.6. The molecule has 17 heavy (non-hydrogen) atoms. The molecule has 1 saturated heterocycles. The van der Waals surface area contributed by atoms with Crippen molar-refractivity contribution in [3.8, 4) is 0 Å². The summed E-state index contributed by atoms with van der Waals surface area (Å²) in [6.45, 7) is 1.69. The summed E-state index contributed by atoms with van der Waals surface area (Å²) >= 11 is 0. The lowest BCUT2D eigenvalue weighted by atomic mass is 10.1. The molecule has 0 bridgehead atoms. The fraction of sp³-hybridized carbons (Fsp3) is 0.417. The van der Waals surface area contributed by atoms with Crippen LogP contribution in [0.1, 0.15) is 29.6 Å². The van der Waals surface area contributed by atoms with Gasteiger partial charge in [-0.2, -0.15) is 0 Å². The minimum absolute atomic E-state index is 0.325. The Kier molecular flexibility index (Phi) is 3.17. The van der Waals surface area contributed by atoms with Gasteiger partial charge in [-0.3, -0.25) is 0 Å². The van der Waals surface area contributed by atoms with Crippen LogP contribution in [0, 0.1) is 5.82 Å². The number of nitrogen functional groups attached to an aromatic ring is 1. The average Bonchev–Trinajstić information content (AvgIpc) is 2.32. The molecule has 0 radical (unpaired) electrons. The first-order chi connectivity index (χ1) is 8.09. The van der Waals surface area contributed by atoms with Gasteiger partial charge in [0.1, 0.15) is 5.82 Å². The quantitative estimate of drug-likeness (QED) is 0.774. The molecule has 1 aliphatic heterocycles. The van der Waals surface area contributed by atoms with Crippen molar-refractivity contribution >= 4 is 17.3 Å². The van der Waals surface area contributed by atoms with Crippen molar-refractivity contribution in [3.63, 3.8) is 0 Å². The van der Waals surface area contributed by atoms with E-state index in [2.05, 4.69) is 0 Å². The largest absolute Gasteiger partial charge is 0.478 e. The second-order valence-corrected chi connectivity index (χ2v) is 4.24. The highest BCUT2D eigenvalue weighted by Gasteiger charge is 2.18. The zero-order chi connectivity index (χ0) is 12.4. The lowest BCUT2D eigenvalue weighted by Gasteiger charge is -2.30. The molecule has 3 N–H and O–H groups in total. The number of halogens is 1. The van der Waals surface area contributed by atoms with Crippen LogP contribution >= 0.6 is 0 Å². The van der Waals surface area contributed by atoms with Gasteiger partial charge in [0.25, 0.3) is 0 Å². The molecule has 0 atom stereocenters. The number of aromatic carboxylic acids is 1. The standard InChI is InChI=1S/C12H15FN2O2/c13-9-7-11(15-4-2-1-3-5-15)10(14)6-8(9)12(16)17/h6-7H,1-5,14H2,(H,16,17). The molecular weight excluding hydrogens is 223 g/mol. The Morgan fingerprint density at radius 3 is 2.53 bits per heavy atom. The van der Waals surface area contributed by atoms with Gasteiger partial charge < -0.3 is 15.7 Å². The third-order valence-corrected chi connectivity index (χ3v) is 3.04. The highest BCUT2D eigenvalue weighted by molar-refractivity contribution is 5.90. The number of hydrogen-bond acceptors (Lipinski definition) is 3. The summed E-state index contributed by atoms with van der Waals surface area (Å²) in [5.74, 6) is -2.02. The molecule has 92 valence electrons. The van der Waals surface area contributed by atoms with Crippen LogP contribution in [0.25, 0.3) is 0 Å². The van der Waals surface area contributed by atoms with E-state index in [1.54, 1.807) is 0 Å². The second kappa shape index (κ2) is 4.61. The van der Waals surface area contributed by atoms with Crippen LogP contribution in [0.15, 0.2) is 12.1 Å². The maximum atomic E-state index is 13.6. The average molecular weight is 238 g/mol. The van der Waals surface area contributed by atoms with Gasteiger partial charge in [0.15, 0.2) is 0 Å². The fourth-order valence-corrected chi connectivity index (χ4v) is 2.15. The molecule has 0 aromatic heterocycles. The van der Waals surface area contributed by atoms with Gasteiger partial charge in [0.05, 0.1) is 16.9 Å². The number of carboxylic acid groups (broad SMARTS) is 1. The monoisotopic (exact) mass is 238 g/mol. The van der Waals surface area contributed by atoms with E-state index in [1.165, 1.54) is 18.6 Å². The summed E-state index contributed by atoms with van der Waals surface area (Å²) in [6, 6.07) is 2.42. The minimum Gasteiger partial charge on any atom is -0.478 e. The molecule has 1 aliphatic rings. The highest BCUT2D eigenvalue weighted by Crippen LogP contribution is 2.29. The summed E-state index contributed by atoms with van der Waals surface area (Å²) in [7, 11) is 0. The molecular formula is C12H15FN2O2. The topological polar surface area (TPSA) is 66.6 Å². The smallest absolute Gasteiger partial charge is 0.338 e. The molecule has 0 saturated carbocycles. The van der Waals surface area contributed by atoms with E-state index in [0.29, 0.717) is 11.4 Å². The number of anilines is 2. The van der Waals surface area contributed by atoms with Crippen molar-refractivity contribution in [2.24, 2.45) is 0 Å². The van der Waals surface area contributed by atoms with E-state index in [9.17, 15) is 9.18 Å². The number of carbonyl (C=O) groups is 1. The third-order valence-electron chi connectivity index (χ3n) is 3.04. The Morgan fingerprint density at radius 2 is 1.94 bits per heavy atom. The molecule has 0 amide bonds. The van der Waals surface area contributed by atoms with E-state index in [1.807, 2.05) is 4.90 Å². The minimum atomic E-state index is -1.29. The van der Waals surface area contributed by atoms with Gasteiger partial charge in [-0.25, -0.2) is 9.18 Å². The number of carboxylic acids is 1. The molecule has 0 unspecified atom stereocenters. The number of rotatable bonds is 2.